The highest BCUT2D eigenvalue weighted by molar-refractivity contribution is 9.10. The molecule has 5 nitrogen and oxygen atoms in total. The van der Waals surface area contributed by atoms with E-state index in [9.17, 15) is 14.9 Å². The summed E-state index contributed by atoms with van der Waals surface area (Å²) in [6, 6.07) is 25.1. The van der Waals surface area contributed by atoms with Gasteiger partial charge in [0.25, 0.3) is 11.5 Å². The number of anilines is 1. The fourth-order valence-electron chi connectivity index (χ4n) is 3.15. The first kappa shape index (κ1) is 22.7. The third-order valence-corrected chi connectivity index (χ3v) is 6.57. The third kappa shape index (κ3) is 4.99. The number of halogens is 2. The highest BCUT2D eigenvalue weighted by Crippen LogP contribution is 2.21. The summed E-state index contributed by atoms with van der Waals surface area (Å²) in [5.74, 6) is -0.648. The van der Waals surface area contributed by atoms with Crippen LogP contribution >= 0.6 is 38.9 Å². The second-order valence-electron chi connectivity index (χ2n) is 6.87. The molecular weight excluding hydrogens is 522 g/mol. The number of nitrogens with one attached hydrogen (secondary N) is 1. The molecule has 1 heterocycles. The molecule has 1 amide bonds. The van der Waals surface area contributed by atoms with Crippen LogP contribution in [0, 0.1) is 11.3 Å². The molecule has 0 bridgehead atoms. The number of thiazole rings is 1. The molecule has 0 spiro atoms. The summed E-state index contributed by atoms with van der Waals surface area (Å²) < 4.78 is 2.89. The number of nitriles is 1. The zero-order chi connectivity index (χ0) is 23.4. The smallest absolute Gasteiger partial charge is 0.273 e. The lowest BCUT2D eigenvalue weighted by molar-refractivity contribution is -0.111. The van der Waals surface area contributed by atoms with Crippen molar-refractivity contribution in [2.24, 2.45) is 0 Å². The Morgan fingerprint density at radius 3 is 2.48 bits per heavy atom. The van der Waals surface area contributed by atoms with Gasteiger partial charge in [-0.25, -0.2) is 0 Å². The molecule has 8 heteroatoms. The first-order valence-corrected chi connectivity index (χ1v) is 11.7. The van der Waals surface area contributed by atoms with Gasteiger partial charge in [-0.05, 0) is 48.0 Å². The predicted octanol–water partition coefficient (Wildman–Crippen LogP) is 4.46. The van der Waals surface area contributed by atoms with Gasteiger partial charge < -0.3 is 5.32 Å². The quantitative estimate of drug-likeness (QED) is 0.419. The highest BCUT2D eigenvalue weighted by Gasteiger charge is 2.18. The summed E-state index contributed by atoms with van der Waals surface area (Å²) in [7, 11) is 0. The maximum absolute atomic E-state index is 13.4. The van der Waals surface area contributed by atoms with Crippen LogP contribution in [-0.4, -0.2) is 10.5 Å². The SMILES string of the molecule is N#CC(C(=O)Nc1ccccc1Cl)=c1sc(=Cc2cccc(Br)c2)c(=O)n1-c1ccccc1. The number of para-hydroxylation sites is 2. The molecule has 1 N–H and O–H groups in total. The van der Waals surface area contributed by atoms with Crippen LogP contribution in [0.2, 0.25) is 5.02 Å². The summed E-state index contributed by atoms with van der Waals surface area (Å²) in [5, 5.41) is 12.9. The second kappa shape index (κ2) is 10.0. The molecule has 0 saturated carbocycles. The minimum absolute atomic E-state index is 0.185. The summed E-state index contributed by atoms with van der Waals surface area (Å²) >= 11 is 10.7. The normalized spacial score (nSPS) is 12.2. The molecule has 3 aromatic carbocycles. The molecule has 0 aliphatic heterocycles. The molecule has 0 aliphatic rings. The van der Waals surface area contributed by atoms with Crippen molar-refractivity contribution in [2.45, 2.75) is 0 Å². The Bertz CT molecular complexity index is 1570. The number of rotatable bonds is 4. The summed E-state index contributed by atoms with van der Waals surface area (Å²) in [5.41, 5.74) is 1.24. The van der Waals surface area contributed by atoms with Gasteiger partial charge in [-0.1, -0.05) is 70.0 Å². The zero-order valence-electron chi connectivity index (χ0n) is 17.0. The number of carbonyl (C=O) groups excluding carboxylic acids is 1. The van der Waals surface area contributed by atoms with Crippen molar-refractivity contribution < 1.29 is 4.79 Å². The predicted molar refractivity (Wildman–Crippen MR) is 136 cm³/mol. The Kier molecular flexibility index (Phi) is 6.90. The Hall–Kier alpha value is -3.44. The van der Waals surface area contributed by atoms with E-state index in [4.69, 9.17) is 11.6 Å². The van der Waals surface area contributed by atoms with Crippen LogP contribution < -0.4 is 20.1 Å². The highest BCUT2D eigenvalue weighted by atomic mass is 79.9. The number of benzene rings is 3. The summed E-state index contributed by atoms with van der Waals surface area (Å²) in [6.07, 6.45) is 1.74. The van der Waals surface area contributed by atoms with Gasteiger partial charge >= 0.3 is 0 Å². The number of aromatic nitrogens is 1. The Balaban J connectivity index is 1.97. The van der Waals surface area contributed by atoms with E-state index in [0.717, 1.165) is 21.4 Å². The Morgan fingerprint density at radius 1 is 1.06 bits per heavy atom. The number of hydrogen-bond acceptors (Lipinski definition) is 4. The van der Waals surface area contributed by atoms with Crippen LogP contribution in [0.3, 0.4) is 0 Å². The van der Waals surface area contributed by atoms with Crippen LogP contribution in [0.4, 0.5) is 5.69 Å². The van der Waals surface area contributed by atoms with Gasteiger partial charge in [0, 0.05) is 4.47 Å². The molecule has 0 radical (unpaired) electrons. The molecule has 33 heavy (non-hydrogen) atoms. The van der Waals surface area contributed by atoms with Crippen LogP contribution in [0.1, 0.15) is 5.56 Å². The van der Waals surface area contributed by atoms with E-state index in [1.165, 1.54) is 4.57 Å². The lowest BCUT2D eigenvalue weighted by Gasteiger charge is -2.07. The summed E-state index contributed by atoms with van der Waals surface area (Å²) in [4.78, 5) is 26.4. The third-order valence-electron chi connectivity index (χ3n) is 4.66. The first-order valence-electron chi connectivity index (χ1n) is 9.73. The van der Waals surface area contributed by atoms with Crippen LogP contribution in [0.15, 0.2) is 88.1 Å². The van der Waals surface area contributed by atoms with E-state index in [2.05, 4.69) is 21.2 Å². The standard InChI is InChI=1S/C25H15BrClN3O2S/c26-17-8-6-7-16(13-17)14-22-24(32)30(18-9-2-1-3-10-18)25(33-22)19(15-28)23(31)29-21-12-5-4-11-20(21)27/h1-14H,(H,29,31). The number of amides is 1. The van der Waals surface area contributed by atoms with Crippen molar-refractivity contribution in [2.75, 3.05) is 5.32 Å². The molecule has 0 aliphatic carbocycles. The van der Waals surface area contributed by atoms with Gasteiger partial charge in [0.1, 0.15) is 10.7 Å². The fourth-order valence-corrected chi connectivity index (χ4v) is 4.85. The van der Waals surface area contributed by atoms with Gasteiger partial charge in [0.2, 0.25) is 0 Å². The van der Waals surface area contributed by atoms with E-state index < -0.39 is 5.91 Å². The van der Waals surface area contributed by atoms with Crippen molar-refractivity contribution in [1.82, 2.24) is 4.57 Å². The Labute approximate surface area is 206 Å². The van der Waals surface area contributed by atoms with Gasteiger partial charge in [-0.15, -0.1) is 11.3 Å². The molecule has 0 fully saturated rings. The molecule has 0 saturated heterocycles. The average molecular weight is 537 g/mol. The largest absolute Gasteiger partial charge is 0.320 e. The number of hydrogen-bond donors (Lipinski definition) is 1. The molecule has 4 rings (SSSR count). The van der Waals surface area contributed by atoms with Crippen molar-refractivity contribution in [3.8, 4) is 11.8 Å². The topological polar surface area (TPSA) is 74.9 Å². The van der Waals surface area contributed by atoms with Crippen molar-refractivity contribution >= 4 is 62.1 Å². The van der Waals surface area contributed by atoms with Gasteiger partial charge in [0.15, 0.2) is 5.57 Å². The van der Waals surface area contributed by atoms with E-state index in [0.29, 0.717) is 20.9 Å². The van der Waals surface area contributed by atoms with E-state index in [-0.39, 0.29) is 15.8 Å². The average Bonchev–Trinajstić information content (AvgIpc) is 3.12. The Morgan fingerprint density at radius 2 is 1.79 bits per heavy atom. The zero-order valence-corrected chi connectivity index (χ0v) is 20.1. The molecule has 0 atom stereocenters. The number of carbonyl (C=O) groups is 1. The van der Waals surface area contributed by atoms with Gasteiger partial charge in [-0.3, -0.25) is 14.2 Å². The molecular formula is C25H15BrClN3O2S. The van der Waals surface area contributed by atoms with Crippen LogP contribution in [-0.2, 0) is 4.79 Å². The molecule has 0 unspecified atom stereocenters. The van der Waals surface area contributed by atoms with E-state index in [1.807, 2.05) is 36.4 Å². The van der Waals surface area contributed by atoms with Gasteiger partial charge in [0.05, 0.1) is 20.9 Å². The minimum atomic E-state index is -0.648. The van der Waals surface area contributed by atoms with Crippen LogP contribution in [0.25, 0.3) is 17.3 Å². The van der Waals surface area contributed by atoms with Crippen LogP contribution in [0.5, 0.6) is 0 Å². The molecule has 1 aromatic heterocycles. The monoisotopic (exact) mass is 535 g/mol. The maximum atomic E-state index is 13.4. The van der Waals surface area contributed by atoms with Crippen molar-refractivity contribution in [3.63, 3.8) is 0 Å². The summed E-state index contributed by atoms with van der Waals surface area (Å²) in [6.45, 7) is 0. The molecule has 162 valence electrons. The second-order valence-corrected chi connectivity index (χ2v) is 9.22. The first-order chi connectivity index (χ1) is 16.0. The number of nitrogens with zero attached hydrogens (tertiary/aromatic N) is 2. The minimum Gasteiger partial charge on any atom is -0.320 e. The van der Waals surface area contributed by atoms with E-state index >= 15 is 0 Å². The van der Waals surface area contributed by atoms with E-state index in [1.54, 1.807) is 54.6 Å². The lowest BCUT2D eigenvalue weighted by atomic mass is 10.2. The van der Waals surface area contributed by atoms with Gasteiger partial charge in [-0.2, -0.15) is 5.26 Å². The maximum Gasteiger partial charge on any atom is 0.273 e. The van der Waals surface area contributed by atoms with Crippen molar-refractivity contribution in [3.05, 3.63) is 113 Å². The molecule has 4 aromatic rings. The lowest BCUT2D eigenvalue weighted by Crippen LogP contribution is -2.32. The fraction of sp³-hybridized carbons (Fsp3) is 0. The van der Waals surface area contributed by atoms with Crippen molar-refractivity contribution in [1.29, 1.82) is 5.26 Å².